The highest BCUT2D eigenvalue weighted by Crippen LogP contribution is 2.63. The summed E-state index contributed by atoms with van der Waals surface area (Å²) in [6.45, 7) is 4.41. The third-order valence-electron chi connectivity index (χ3n) is 4.53. The Bertz CT molecular complexity index is 370. The number of hydrogen-bond donors (Lipinski definition) is 0. The third-order valence-corrected chi connectivity index (χ3v) is 7.27. The molecular formula is C12H14O2S2. The van der Waals surface area contributed by atoms with E-state index in [9.17, 15) is 0 Å². The lowest BCUT2D eigenvalue weighted by molar-refractivity contribution is -0.472. The minimum Gasteiger partial charge on any atom is -0.228 e. The number of rotatable bonds is 0. The van der Waals surface area contributed by atoms with Crippen LogP contribution < -0.4 is 0 Å². The number of fused-ring (bicyclic) bond motifs is 1. The van der Waals surface area contributed by atoms with Gasteiger partial charge in [0.1, 0.15) is 11.2 Å². The van der Waals surface area contributed by atoms with Crippen LogP contribution >= 0.6 is 23.5 Å². The number of hydrogen-bond acceptors (Lipinski definition) is 4. The van der Waals surface area contributed by atoms with E-state index >= 15 is 0 Å². The van der Waals surface area contributed by atoms with Gasteiger partial charge in [0.15, 0.2) is 0 Å². The van der Waals surface area contributed by atoms with Gasteiger partial charge in [0.05, 0.1) is 10.5 Å². The Morgan fingerprint density at radius 1 is 0.875 bits per heavy atom. The van der Waals surface area contributed by atoms with E-state index in [1.54, 1.807) is 0 Å². The van der Waals surface area contributed by atoms with Gasteiger partial charge in [-0.3, -0.25) is 0 Å². The molecule has 2 nitrogen and oxygen atoms in total. The molecular weight excluding hydrogens is 240 g/mol. The zero-order chi connectivity index (χ0) is 11.0. The van der Waals surface area contributed by atoms with Crippen molar-refractivity contribution in [3.05, 3.63) is 23.0 Å². The molecule has 6 unspecified atom stereocenters. The highest BCUT2D eigenvalue weighted by atomic mass is 32.2. The van der Waals surface area contributed by atoms with Gasteiger partial charge < -0.3 is 0 Å². The molecule has 0 aromatic carbocycles. The van der Waals surface area contributed by atoms with Crippen molar-refractivity contribution in [3.63, 3.8) is 0 Å². The molecule has 0 amide bonds. The Morgan fingerprint density at radius 3 is 1.75 bits per heavy atom. The molecule has 1 aliphatic carbocycles. The summed E-state index contributed by atoms with van der Waals surface area (Å²) in [5, 5.41) is 5.46. The van der Waals surface area contributed by atoms with E-state index < -0.39 is 0 Å². The van der Waals surface area contributed by atoms with E-state index in [-0.39, 0.29) is 11.2 Å². The molecule has 16 heavy (non-hydrogen) atoms. The Balaban J connectivity index is 1.89. The lowest BCUT2D eigenvalue weighted by atomic mass is 9.63. The minimum atomic E-state index is -0.165. The topological polar surface area (TPSA) is 18.5 Å². The maximum absolute atomic E-state index is 5.77. The van der Waals surface area contributed by atoms with Crippen LogP contribution in [0, 0.1) is 11.8 Å². The molecule has 1 saturated carbocycles. The highest BCUT2D eigenvalue weighted by molar-refractivity contribution is 8.03. The summed E-state index contributed by atoms with van der Waals surface area (Å²) in [4.78, 5) is 11.5. The van der Waals surface area contributed by atoms with Crippen molar-refractivity contribution < 1.29 is 9.78 Å². The molecule has 0 N–H and O–H groups in total. The van der Waals surface area contributed by atoms with Crippen molar-refractivity contribution in [2.45, 2.75) is 35.5 Å². The van der Waals surface area contributed by atoms with Crippen LogP contribution in [0.3, 0.4) is 0 Å². The molecule has 5 rings (SSSR count). The highest BCUT2D eigenvalue weighted by Gasteiger charge is 2.69. The molecule has 6 atom stereocenters. The lowest BCUT2D eigenvalue weighted by Crippen LogP contribution is -2.71. The van der Waals surface area contributed by atoms with E-state index in [4.69, 9.17) is 9.78 Å². The summed E-state index contributed by atoms with van der Waals surface area (Å²) < 4.78 is 0. The van der Waals surface area contributed by atoms with Gasteiger partial charge in [-0.15, -0.1) is 23.5 Å². The fourth-order valence-corrected chi connectivity index (χ4v) is 6.38. The predicted octanol–water partition coefficient (Wildman–Crippen LogP) is 2.97. The van der Waals surface area contributed by atoms with E-state index in [0.717, 1.165) is 0 Å². The van der Waals surface area contributed by atoms with Gasteiger partial charge in [0, 0.05) is 11.8 Å². The zero-order valence-corrected chi connectivity index (χ0v) is 10.9. The maximum Gasteiger partial charge on any atom is 0.121 e. The van der Waals surface area contributed by atoms with E-state index in [2.05, 4.69) is 36.8 Å². The minimum absolute atomic E-state index is 0.165. The normalized spacial score (nSPS) is 61.4. The summed E-state index contributed by atoms with van der Waals surface area (Å²) in [5.41, 5.74) is -0.331. The predicted molar refractivity (Wildman–Crippen MR) is 67.0 cm³/mol. The van der Waals surface area contributed by atoms with E-state index in [1.165, 1.54) is 0 Å². The molecule has 0 aromatic rings. The van der Waals surface area contributed by atoms with E-state index in [0.29, 0.717) is 22.3 Å². The molecule has 0 spiro atoms. The summed E-state index contributed by atoms with van der Waals surface area (Å²) in [6, 6.07) is 0. The Kier molecular flexibility index (Phi) is 1.83. The van der Waals surface area contributed by atoms with Gasteiger partial charge in [-0.05, 0) is 24.7 Å². The van der Waals surface area contributed by atoms with Crippen LogP contribution in [0.25, 0.3) is 0 Å². The fraction of sp³-hybridized carbons (Fsp3) is 0.667. The molecule has 2 saturated heterocycles. The van der Waals surface area contributed by atoms with E-state index in [1.807, 2.05) is 23.5 Å². The van der Waals surface area contributed by atoms with Crippen molar-refractivity contribution in [3.8, 4) is 0 Å². The summed E-state index contributed by atoms with van der Waals surface area (Å²) >= 11 is 3.81. The van der Waals surface area contributed by atoms with Crippen molar-refractivity contribution in [2.24, 2.45) is 11.8 Å². The van der Waals surface area contributed by atoms with Gasteiger partial charge in [-0.1, -0.05) is 12.2 Å². The molecule has 4 aliphatic heterocycles. The maximum atomic E-state index is 5.77. The van der Waals surface area contributed by atoms with Crippen LogP contribution in [0.2, 0.25) is 0 Å². The second-order valence-electron chi connectivity index (χ2n) is 5.36. The average molecular weight is 254 g/mol. The van der Waals surface area contributed by atoms with Crippen molar-refractivity contribution >= 4 is 23.5 Å². The first-order valence-electron chi connectivity index (χ1n) is 5.67. The Labute approximate surface area is 104 Å². The van der Waals surface area contributed by atoms with Crippen molar-refractivity contribution in [2.75, 3.05) is 0 Å². The van der Waals surface area contributed by atoms with Crippen LogP contribution in [-0.2, 0) is 9.78 Å². The third kappa shape index (κ3) is 0.927. The smallest absolute Gasteiger partial charge is 0.121 e. The molecule has 4 heteroatoms. The van der Waals surface area contributed by atoms with Gasteiger partial charge in [-0.2, -0.15) is 0 Å². The monoisotopic (exact) mass is 254 g/mol. The summed E-state index contributed by atoms with van der Waals surface area (Å²) in [5.74, 6) is 0.981. The second-order valence-corrected chi connectivity index (χ2v) is 7.46. The van der Waals surface area contributed by atoms with Crippen molar-refractivity contribution in [1.29, 1.82) is 0 Å². The second kappa shape index (κ2) is 2.91. The first kappa shape index (κ1) is 10.1. The van der Waals surface area contributed by atoms with Crippen molar-refractivity contribution in [1.82, 2.24) is 0 Å². The molecule has 4 heterocycles. The molecule has 0 radical (unpaired) electrons. The van der Waals surface area contributed by atoms with Crippen LogP contribution in [0.15, 0.2) is 23.0 Å². The van der Waals surface area contributed by atoms with Gasteiger partial charge in [-0.25, -0.2) is 9.78 Å². The van der Waals surface area contributed by atoms with Gasteiger partial charge >= 0.3 is 0 Å². The van der Waals surface area contributed by atoms with Crippen LogP contribution in [0.5, 0.6) is 0 Å². The molecule has 3 fully saturated rings. The van der Waals surface area contributed by atoms with Crippen LogP contribution in [0.1, 0.15) is 13.8 Å². The first-order valence-corrected chi connectivity index (χ1v) is 7.56. The zero-order valence-electron chi connectivity index (χ0n) is 9.25. The first-order chi connectivity index (χ1) is 7.66. The summed E-state index contributed by atoms with van der Waals surface area (Å²) in [6.07, 6.45) is 4.62. The van der Waals surface area contributed by atoms with Gasteiger partial charge in [0.2, 0.25) is 0 Å². The van der Waals surface area contributed by atoms with Gasteiger partial charge in [0.25, 0.3) is 0 Å². The molecule has 0 aromatic heterocycles. The quantitative estimate of drug-likeness (QED) is 0.618. The lowest BCUT2D eigenvalue weighted by Gasteiger charge is -2.60. The largest absolute Gasteiger partial charge is 0.228 e. The average Bonchev–Trinajstić information content (AvgIpc) is 2.89. The standard InChI is InChI=1S/C12H14O2S2/c1-11-7-3-5-16-10(7)12(2,14-13-11)8-4-6-15-9(8)11/h3-10H,1-2H3. The summed E-state index contributed by atoms with van der Waals surface area (Å²) in [7, 11) is 0. The van der Waals surface area contributed by atoms with Crippen LogP contribution in [0.4, 0.5) is 0 Å². The Hall–Kier alpha value is 0.1000. The number of thioether (sulfide) groups is 2. The Morgan fingerprint density at radius 2 is 1.31 bits per heavy atom. The SMILES string of the molecule is CC12OOC(C)(C3C=CSC31)C1SC=CC12. The molecule has 5 aliphatic rings. The fourth-order valence-electron chi connectivity index (χ4n) is 3.53. The molecule has 2 bridgehead atoms. The molecule has 86 valence electrons. The van der Waals surface area contributed by atoms with Crippen LogP contribution in [-0.4, -0.2) is 21.7 Å².